The first-order valence-electron chi connectivity index (χ1n) is 8.75. The lowest BCUT2D eigenvalue weighted by molar-refractivity contribution is -0.160. The molecule has 3 heterocycles. The summed E-state index contributed by atoms with van der Waals surface area (Å²) in [6.07, 6.45) is 0.843. The van der Waals surface area contributed by atoms with Crippen LogP contribution >= 0.6 is 24.4 Å². The van der Waals surface area contributed by atoms with Crippen molar-refractivity contribution >= 4 is 53.3 Å². The van der Waals surface area contributed by atoms with E-state index < -0.39 is 46.2 Å². The van der Waals surface area contributed by atoms with Gasteiger partial charge in [-0.1, -0.05) is 0 Å². The van der Waals surface area contributed by atoms with Gasteiger partial charge >= 0.3 is 11.9 Å². The molecule has 0 spiro atoms. The second-order valence-corrected chi connectivity index (χ2v) is 8.29. The Kier molecular flexibility index (Phi) is 6.27. The Labute approximate surface area is 180 Å². The Morgan fingerprint density at radius 1 is 1.43 bits per heavy atom. The summed E-state index contributed by atoms with van der Waals surface area (Å²) in [5.41, 5.74) is -1.69. The van der Waals surface area contributed by atoms with E-state index in [-0.39, 0.29) is 30.1 Å². The minimum absolute atomic E-state index is 0.139. The fourth-order valence-electron chi connectivity index (χ4n) is 3.41. The fourth-order valence-corrected chi connectivity index (χ4v) is 5.12. The number of esters is 1. The summed E-state index contributed by atoms with van der Waals surface area (Å²) in [4.78, 5) is 61.3. The average molecular weight is 454 g/mol. The van der Waals surface area contributed by atoms with Crippen LogP contribution in [-0.4, -0.2) is 62.1 Å². The predicted octanol–water partition coefficient (Wildman–Crippen LogP) is 0.341. The van der Waals surface area contributed by atoms with Gasteiger partial charge in [-0.15, -0.1) is 24.4 Å². The summed E-state index contributed by atoms with van der Waals surface area (Å²) in [7, 11) is 0. The monoisotopic (exact) mass is 454 g/mol. The largest absolute Gasteiger partial charge is 0.477 e. The van der Waals surface area contributed by atoms with Crippen molar-refractivity contribution < 1.29 is 38.2 Å². The number of thiol groups is 1. The van der Waals surface area contributed by atoms with Crippen molar-refractivity contribution in [1.29, 1.82) is 0 Å². The molecule has 160 valence electrons. The molecule has 0 aromatic carbocycles. The van der Waals surface area contributed by atoms with Crippen LogP contribution in [0.15, 0.2) is 34.1 Å². The Balaban J connectivity index is 1.88. The number of thioether (sulfide) groups is 1. The molecule has 2 aliphatic rings. The number of aliphatic carboxylic acids is 1. The third-order valence-corrected chi connectivity index (χ3v) is 6.21. The van der Waals surface area contributed by atoms with Crippen molar-refractivity contribution in [3.8, 4) is 0 Å². The molecule has 2 N–H and O–H groups in total. The molecular formula is C18H18N2O8S2. The van der Waals surface area contributed by atoms with Crippen molar-refractivity contribution in [2.45, 2.75) is 30.7 Å². The van der Waals surface area contributed by atoms with E-state index in [2.05, 4.69) is 17.9 Å². The zero-order valence-electron chi connectivity index (χ0n) is 15.7. The van der Waals surface area contributed by atoms with Crippen molar-refractivity contribution in [3.63, 3.8) is 0 Å². The molecule has 10 nitrogen and oxygen atoms in total. The summed E-state index contributed by atoms with van der Waals surface area (Å²) in [5.74, 6) is -2.75. The molecule has 1 aromatic rings. The lowest BCUT2D eigenvalue weighted by Crippen LogP contribution is -2.80. The molecule has 0 aliphatic carbocycles. The summed E-state index contributed by atoms with van der Waals surface area (Å²) >= 11 is 4.91. The molecule has 3 rings (SSSR count). The quantitative estimate of drug-likeness (QED) is 0.288. The smallest absolute Gasteiger partial charge is 0.352 e. The van der Waals surface area contributed by atoms with Gasteiger partial charge in [0, 0.05) is 18.2 Å². The van der Waals surface area contributed by atoms with Gasteiger partial charge in [0.2, 0.25) is 5.91 Å². The third kappa shape index (κ3) is 4.10. The standard InChI is InChI=1S/C18H18N2O8S2/c1-9(21)28-7-10-8-30-17-18(6-13(23)29,16(26)20(17)14(10)15(24)25)19-12(22)5-11-3-2-4-27-11/h2-4,17H,5-8H2,1H3,(H,19,22)(H,23,29)(H,24,25)/t17-,18?/m1/s1. The number of carboxylic acids is 1. The first kappa shape index (κ1) is 22.0. The second kappa shape index (κ2) is 8.56. The number of β-lactam (4-membered cyclic amide) rings is 1. The minimum Gasteiger partial charge on any atom is -0.477 e. The van der Waals surface area contributed by atoms with Gasteiger partial charge in [0.25, 0.3) is 5.91 Å². The number of hydrogen-bond donors (Lipinski definition) is 3. The molecule has 0 saturated carbocycles. The van der Waals surface area contributed by atoms with Gasteiger partial charge in [0.1, 0.15) is 23.4 Å². The van der Waals surface area contributed by atoms with E-state index in [0.29, 0.717) is 5.76 Å². The zero-order chi connectivity index (χ0) is 22.1. The van der Waals surface area contributed by atoms with Gasteiger partial charge in [-0.25, -0.2) is 4.79 Å². The molecule has 0 radical (unpaired) electrons. The van der Waals surface area contributed by atoms with Gasteiger partial charge in [-0.3, -0.25) is 24.1 Å². The fraction of sp³-hybridized carbons (Fsp3) is 0.389. The molecule has 12 heteroatoms. The Morgan fingerprint density at radius 2 is 2.17 bits per heavy atom. The number of hydrogen-bond acceptors (Lipinski definition) is 8. The van der Waals surface area contributed by atoms with Crippen LogP contribution in [0.4, 0.5) is 0 Å². The number of rotatable bonds is 8. The van der Waals surface area contributed by atoms with E-state index >= 15 is 0 Å². The molecule has 2 atom stereocenters. The Hall–Kier alpha value is -2.73. The number of amides is 2. The van der Waals surface area contributed by atoms with Crippen LogP contribution in [-0.2, 0) is 35.1 Å². The van der Waals surface area contributed by atoms with E-state index in [1.807, 2.05) is 0 Å². The molecule has 2 aliphatic heterocycles. The Bertz CT molecular complexity index is 942. The highest BCUT2D eigenvalue weighted by atomic mass is 32.2. The van der Waals surface area contributed by atoms with E-state index in [1.54, 1.807) is 12.1 Å². The van der Waals surface area contributed by atoms with Crippen molar-refractivity contribution in [2.75, 3.05) is 12.4 Å². The maximum Gasteiger partial charge on any atom is 0.352 e. The highest BCUT2D eigenvalue weighted by Gasteiger charge is 2.65. The maximum atomic E-state index is 13.1. The van der Waals surface area contributed by atoms with Gasteiger partial charge < -0.3 is 19.6 Å². The number of fused-ring (bicyclic) bond motifs is 1. The lowest BCUT2D eigenvalue weighted by atomic mass is 9.83. The minimum atomic E-state index is -1.62. The number of furan rings is 1. The van der Waals surface area contributed by atoms with Crippen LogP contribution in [0.3, 0.4) is 0 Å². The number of nitrogens with one attached hydrogen (secondary N) is 1. The van der Waals surface area contributed by atoms with Crippen LogP contribution in [0.1, 0.15) is 19.1 Å². The molecule has 1 saturated heterocycles. The SMILES string of the molecule is CC(=O)OCC1=C(C(=O)O)N2C(=O)C(CC(=O)S)(NC(=O)Cc3ccco3)[C@H]2SC1. The molecule has 2 amide bonds. The topological polar surface area (TPSA) is 143 Å². The van der Waals surface area contributed by atoms with Gasteiger partial charge in [0.15, 0.2) is 10.7 Å². The van der Waals surface area contributed by atoms with E-state index in [9.17, 15) is 29.1 Å². The van der Waals surface area contributed by atoms with Crippen molar-refractivity contribution in [2.24, 2.45) is 0 Å². The molecule has 1 aromatic heterocycles. The predicted molar refractivity (Wildman–Crippen MR) is 106 cm³/mol. The molecule has 0 bridgehead atoms. The number of carboxylic acid groups (broad SMARTS) is 1. The third-order valence-electron chi connectivity index (χ3n) is 4.61. The van der Waals surface area contributed by atoms with Gasteiger partial charge in [-0.05, 0) is 12.1 Å². The summed E-state index contributed by atoms with van der Waals surface area (Å²) in [6, 6.07) is 3.20. The summed E-state index contributed by atoms with van der Waals surface area (Å²) < 4.78 is 10.0. The van der Waals surface area contributed by atoms with Crippen LogP contribution in [0.5, 0.6) is 0 Å². The van der Waals surface area contributed by atoms with E-state index in [4.69, 9.17) is 9.15 Å². The van der Waals surface area contributed by atoms with Crippen LogP contribution in [0.25, 0.3) is 0 Å². The van der Waals surface area contributed by atoms with Crippen LogP contribution in [0.2, 0.25) is 0 Å². The number of carbonyl (C=O) groups is 5. The van der Waals surface area contributed by atoms with Crippen LogP contribution < -0.4 is 5.32 Å². The molecule has 30 heavy (non-hydrogen) atoms. The highest BCUT2D eigenvalue weighted by molar-refractivity contribution is 8.00. The number of carbonyl (C=O) groups excluding carboxylic acids is 4. The second-order valence-electron chi connectivity index (χ2n) is 6.72. The number of nitrogens with zero attached hydrogens (tertiary/aromatic N) is 1. The highest BCUT2D eigenvalue weighted by Crippen LogP contribution is 2.48. The summed E-state index contributed by atoms with van der Waals surface area (Å²) in [6.45, 7) is 0.913. The molecular weight excluding hydrogens is 436 g/mol. The Morgan fingerprint density at radius 3 is 2.73 bits per heavy atom. The van der Waals surface area contributed by atoms with E-state index in [1.165, 1.54) is 13.2 Å². The first-order valence-corrected chi connectivity index (χ1v) is 10.2. The van der Waals surface area contributed by atoms with Gasteiger partial charge in [-0.2, -0.15) is 0 Å². The number of ether oxygens (including phenoxy) is 1. The van der Waals surface area contributed by atoms with Crippen LogP contribution in [0, 0.1) is 0 Å². The van der Waals surface area contributed by atoms with Crippen molar-refractivity contribution in [3.05, 3.63) is 35.4 Å². The normalized spacial score (nSPS) is 22.8. The molecule has 1 fully saturated rings. The maximum absolute atomic E-state index is 13.1. The lowest BCUT2D eigenvalue weighted by Gasteiger charge is -2.57. The van der Waals surface area contributed by atoms with Gasteiger partial charge in [0.05, 0.1) is 19.1 Å². The zero-order valence-corrected chi connectivity index (χ0v) is 17.5. The summed E-state index contributed by atoms with van der Waals surface area (Å²) in [5, 5.41) is 10.8. The van der Waals surface area contributed by atoms with E-state index in [0.717, 1.165) is 16.7 Å². The first-order chi connectivity index (χ1) is 14.2. The average Bonchev–Trinajstić information content (AvgIpc) is 3.16. The molecule has 1 unspecified atom stereocenters. The van der Waals surface area contributed by atoms with Crippen molar-refractivity contribution in [1.82, 2.24) is 10.2 Å².